The highest BCUT2D eigenvalue weighted by Gasteiger charge is 2.39. The maximum Gasteiger partial charge on any atom is 0.212 e. The Balaban J connectivity index is 2.87. The van der Waals surface area contributed by atoms with E-state index in [4.69, 9.17) is 18.0 Å². The molecule has 1 aliphatic carbocycles. The molecule has 0 amide bonds. The summed E-state index contributed by atoms with van der Waals surface area (Å²) in [5, 5.41) is 0. The van der Waals surface area contributed by atoms with E-state index in [1.165, 1.54) is 0 Å². The van der Waals surface area contributed by atoms with Crippen LogP contribution in [0.1, 0.15) is 39.5 Å². The number of thiocarbonyl (C=S) groups is 1. The Morgan fingerprint density at radius 3 is 2.38 bits per heavy atom. The topological polar surface area (TPSA) is 72.2 Å². The highest BCUT2D eigenvalue weighted by molar-refractivity contribution is 7.89. The molecule has 94 valence electrons. The predicted molar refractivity (Wildman–Crippen MR) is 69.7 cm³/mol. The van der Waals surface area contributed by atoms with Crippen molar-refractivity contribution in [3.05, 3.63) is 0 Å². The van der Waals surface area contributed by atoms with E-state index in [0.717, 1.165) is 12.8 Å². The van der Waals surface area contributed by atoms with Crippen LogP contribution in [0, 0.1) is 5.92 Å². The third-order valence-electron chi connectivity index (χ3n) is 3.33. The van der Waals surface area contributed by atoms with Crippen LogP contribution in [-0.2, 0) is 10.0 Å². The Morgan fingerprint density at radius 1 is 1.50 bits per heavy atom. The van der Waals surface area contributed by atoms with Crippen molar-refractivity contribution in [3.8, 4) is 0 Å². The van der Waals surface area contributed by atoms with Crippen LogP contribution in [-0.4, -0.2) is 24.7 Å². The van der Waals surface area contributed by atoms with Gasteiger partial charge >= 0.3 is 0 Å². The molecular formula is C10H20N2O2S2. The van der Waals surface area contributed by atoms with E-state index < -0.39 is 15.6 Å². The zero-order valence-electron chi connectivity index (χ0n) is 9.82. The van der Waals surface area contributed by atoms with Gasteiger partial charge < -0.3 is 5.73 Å². The first-order chi connectivity index (χ1) is 7.31. The molecule has 0 heterocycles. The lowest BCUT2D eigenvalue weighted by molar-refractivity contribution is 0.289. The average molecular weight is 264 g/mol. The zero-order chi connectivity index (χ0) is 12.4. The molecule has 0 aliphatic heterocycles. The summed E-state index contributed by atoms with van der Waals surface area (Å²) in [7, 11) is -3.26. The van der Waals surface area contributed by atoms with Crippen LogP contribution in [0.3, 0.4) is 0 Å². The van der Waals surface area contributed by atoms with E-state index in [1.54, 1.807) is 6.92 Å². The molecule has 3 N–H and O–H groups in total. The number of nitrogens with one attached hydrogen (secondary N) is 1. The molecule has 0 aromatic rings. The van der Waals surface area contributed by atoms with Gasteiger partial charge in [0.05, 0.1) is 16.3 Å². The minimum atomic E-state index is -3.26. The van der Waals surface area contributed by atoms with Crippen molar-refractivity contribution in [2.24, 2.45) is 11.7 Å². The molecule has 0 saturated heterocycles. The Hall–Kier alpha value is -0.200. The Kier molecular flexibility index (Phi) is 4.31. The van der Waals surface area contributed by atoms with Crippen LogP contribution in [0.2, 0.25) is 0 Å². The number of hydrogen-bond acceptors (Lipinski definition) is 3. The molecule has 1 saturated carbocycles. The fraction of sp³-hybridized carbons (Fsp3) is 0.900. The summed E-state index contributed by atoms with van der Waals surface area (Å²) >= 11 is 5.03. The van der Waals surface area contributed by atoms with Gasteiger partial charge in [-0.25, -0.2) is 13.1 Å². The van der Waals surface area contributed by atoms with Gasteiger partial charge in [0, 0.05) is 0 Å². The first-order valence-electron chi connectivity index (χ1n) is 5.63. The van der Waals surface area contributed by atoms with E-state index in [0.29, 0.717) is 18.8 Å². The van der Waals surface area contributed by atoms with Crippen LogP contribution in [0.4, 0.5) is 0 Å². The summed E-state index contributed by atoms with van der Waals surface area (Å²) in [6.07, 6.45) is 3.35. The van der Waals surface area contributed by atoms with Gasteiger partial charge in [-0.2, -0.15) is 0 Å². The smallest absolute Gasteiger partial charge is 0.212 e. The van der Waals surface area contributed by atoms with Gasteiger partial charge in [-0.05, 0) is 38.5 Å². The molecule has 0 atom stereocenters. The van der Waals surface area contributed by atoms with Crippen molar-refractivity contribution in [1.29, 1.82) is 0 Å². The van der Waals surface area contributed by atoms with Crippen molar-refractivity contribution in [3.63, 3.8) is 0 Å². The van der Waals surface area contributed by atoms with Crippen LogP contribution in [0.15, 0.2) is 0 Å². The van der Waals surface area contributed by atoms with Crippen molar-refractivity contribution in [2.75, 3.05) is 5.75 Å². The first kappa shape index (κ1) is 13.9. The summed E-state index contributed by atoms with van der Waals surface area (Å²) < 4.78 is 25.9. The fourth-order valence-electron chi connectivity index (χ4n) is 2.02. The third kappa shape index (κ3) is 3.15. The van der Waals surface area contributed by atoms with Gasteiger partial charge in [-0.1, -0.05) is 19.1 Å². The van der Waals surface area contributed by atoms with Crippen LogP contribution in [0.25, 0.3) is 0 Å². The molecule has 0 radical (unpaired) electrons. The van der Waals surface area contributed by atoms with Crippen molar-refractivity contribution in [2.45, 2.75) is 45.1 Å². The second-order valence-electron chi connectivity index (χ2n) is 4.63. The molecule has 1 aliphatic rings. The molecule has 4 nitrogen and oxygen atoms in total. The number of nitrogens with two attached hydrogens (primary N) is 1. The molecule has 16 heavy (non-hydrogen) atoms. The van der Waals surface area contributed by atoms with Crippen molar-refractivity contribution < 1.29 is 8.42 Å². The minimum Gasteiger partial charge on any atom is -0.392 e. The fourth-order valence-corrected chi connectivity index (χ4v) is 3.40. The normalized spacial score (nSPS) is 31.2. The van der Waals surface area contributed by atoms with E-state index >= 15 is 0 Å². The van der Waals surface area contributed by atoms with Gasteiger partial charge in [-0.15, -0.1) is 0 Å². The lowest BCUT2D eigenvalue weighted by Gasteiger charge is -2.38. The van der Waals surface area contributed by atoms with Gasteiger partial charge in [0.15, 0.2) is 0 Å². The van der Waals surface area contributed by atoms with Gasteiger partial charge in [0.1, 0.15) is 0 Å². The highest BCUT2D eigenvalue weighted by Crippen LogP contribution is 2.32. The summed E-state index contributed by atoms with van der Waals surface area (Å²) in [6.45, 7) is 3.78. The van der Waals surface area contributed by atoms with E-state index in [-0.39, 0.29) is 10.7 Å². The second kappa shape index (κ2) is 4.98. The Morgan fingerprint density at radius 2 is 2.00 bits per heavy atom. The summed E-state index contributed by atoms with van der Waals surface area (Å²) in [6, 6.07) is 0. The van der Waals surface area contributed by atoms with Gasteiger partial charge in [-0.3, -0.25) is 0 Å². The maximum atomic E-state index is 11.6. The zero-order valence-corrected chi connectivity index (χ0v) is 11.5. The standard InChI is InChI=1S/C10H20N2O2S2/c1-3-16(13,14)12-10(9(11)15)6-4-8(2)5-7-10/h8,12H,3-7H2,1-2H3,(H2,11,15). The number of rotatable bonds is 4. The number of sulfonamides is 1. The predicted octanol–water partition coefficient (Wildman–Crippen LogP) is 1.16. The second-order valence-corrected chi connectivity index (χ2v) is 7.09. The van der Waals surface area contributed by atoms with Crippen molar-refractivity contribution >= 4 is 27.2 Å². The molecule has 0 spiro atoms. The first-order valence-corrected chi connectivity index (χ1v) is 7.69. The molecule has 1 fully saturated rings. The van der Waals surface area contributed by atoms with E-state index in [1.807, 2.05) is 0 Å². The van der Waals surface area contributed by atoms with Crippen LogP contribution >= 0.6 is 12.2 Å². The summed E-state index contributed by atoms with van der Waals surface area (Å²) in [5.41, 5.74) is 5.03. The minimum absolute atomic E-state index is 0.0624. The van der Waals surface area contributed by atoms with E-state index in [9.17, 15) is 8.42 Å². The summed E-state index contributed by atoms with van der Waals surface area (Å²) in [4.78, 5) is 0.274. The Bertz CT molecular complexity index is 357. The molecule has 0 aromatic heterocycles. The maximum absolute atomic E-state index is 11.6. The quantitative estimate of drug-likeness (QED) is 0.747. The van der Waals surface area contributed by atoms with Crippen molar-refractivity contribution in [1.82, 2.24) is 4.72 Å². The monoisotopic (exact) mass is 264 g/mol. The third-order valence-corrected chi connectivity index (χ3v) is 5.18. The molecule has 6 heteroatoms. The average Bonchev–Trinajstić information content (AvgIpc) is 2.21. The highest BCUT2D eigenvalue weighted by atomic mass is 32.2. The molecule has 1 rings (SSSR count). The number of hydrogen-bond donors (Lipinski definition) is 2. The molecular weight excluding hydrogens is 244 g/mol. The molecule has 0 aromatic carbocycles. The largest absolute Gasteiger partial charge is 0.392 e. The Labute approximate surface area is 103 Å². The van der Waals surface area contributed by atoms with Crippen LogP contribution in [0.5, 0.6) is 0 Å². The molecule has 0 unspecified atom stereocenters. The molecule has 0 bridgehead atoms. The summed E-state index contributed by atoms with van der Waals surface area (Å²) in [5.74, 6) is 0.681. The van der Waals surface area contributed by atoms with Crippen LogP contribution < -0.4 is 10.5 Å². The SMILES string of the molecule is CCS(=O)(=O)NC1(C(N)=S)CCC(C)CC1. The van der Waals surface area contributed by atoms with Gasteiger partial charge in [0.2, 0.25) is 10.0 Å². The van der Waals surface area contributed by atoms with Gasteiger partial charge in [0.25, 0.3) is 0 Å². The van der Waals surface area contributed by atoms with E-state index in [2.05, 4.69) is 11.6 Å². The lowest BCUT2D eigenvalue weighted by atomic mass is 9.78. The lowest BCUT2D eigenvalue weighted by Crippen LogP contribution is -2.58.